The summed E-state index contributed by atoms with van der Waals surface area (Å²) in [6.45, 7) is 0.00853. The number of furan rings is 1. The van der Waals surface area contributed by atoms with Crippen molar-refractivity contribution in [3.63, 3.8) is 0 Å². The third kappa shape index (κ3) is 5.59. The third-order valence-electron chi connectivity index (χ3n) is 7.54. The Morgan fingerprint density at radius 3 is 2.26 bits per heavy atom. The van der Waals surface area contributed by atoms with Gasteiger partial charge in [0.2, 0.25) is 10.0 Å². The molecule has 1 N–H and O–H groups in total. The molecule has 6 rings (SSSR count). The molecule has 14 heteroatoms. The third-order valence-corrected chi connectivity index (χ3v) is 9.02. The Hall–Kier alpha value is -5.14. The van der Waals surface area contributed by atoms with Crippen LogP contribution in [0, 0.1) is 11.6 Å². The molecule has 0 aliphatic heterocycles. The second-order valence-electron chi connectivity index (χ2n) is 10.5. The van der Waals surface area contributed by atoms with Crippen LogP contribution in [-0.2, 0) is 16.6 Å². The zero-order valence-corrected chi connectivity index (χ0v) is 26.1. The molecule has 0 bridgehead atoms. The molecule has 2 aromatic heterocycles. The van der Waals surface area contributed by atoms with Crippen LogP contribution in [-0.4, -0.2) is 49.7 Å². The van der Waals surface area contributed by atoms with Crippen LogP contribution >= 0.6 is 11.6 Å². The molecular formula is C32H24ClF2N5O5S. The van der Waals surface area contributed by atoms with Gasteiger partial charge in [0, 0.05) is 36.7 Å². The lowest BCUT2D eigenvalue weighted by Crippen LogP contribution is -2.26. The van der Waals surface area contributed by atoms with E-state index >= 15 is 0 Å². The smallest absolute Gasteiger partial charge is 0.277 e. The molecule has 4 aromatic carbocycles. The number of fused-ring (bicyclic) bond motifs is 2. The Morgan fingerprint density at radius 2 is 1.63 bits per heavy atom. The summed E-state index contributed by atoms with van der Waals surface area (Å²) in [5.41, 5.74) is 1.76. The molecule has 0 aliphatic rings. The highest BCUT2D eigenvalue weighted by Gasteiger charge is 2.26. The molecule has 46 heavy (non-hydrogen) atoms. The normalized spacial score (nSPS) is 11.7. The Labute approximate surface area is 265 Å². The second-order valence-corrected chi connectivity index (χ2v) is 12.9. The average Bonchev–Trinajstić information content (AvgIpc) is 3.40. The van der Waals surface area contributed by atoms with E-state index in [4.69, 9.17) is 16.0 Å². The highest BCUT2D eigenvalue weighted by molar-refractivity contribution is 7.92. The number of hydrogen-bond acceptors (Lipinski definition) is 7. The van der Waals surface area contributed by atoms with Crippen molar-refractivity contribution in [2.24, 2.45) is 0 Å². The van der Waals surface area contributed by atoms with E-state index in [1.54, 1.807) is 6.07 Å². The summed E-state index contributed by atoms with van der Waals surface area (Å²) in [6.07, 6.45) is 1.03. The van der Waals surface area contributed by atoms with Crippen LogP contribution in [0.15, 0.2) is 82.0 Å². The van der Waals surface area contributed by atoms with Gasteiger partial charge in [-0.05, 0) is 65.7 Å². The van der Waals surface area contributed by atoms with Gasteiger partial charge in [0.15, 0.2) is 0 Å². The van der Waals surface area contributed by atoms with E-state index in [-0.39, 0.29) is 45.1 Å². The predicted molar refractivity (Wildman–Crippen MR) is 172 cm³/mol. The molecule has 0 unspecified atom stereocenters. The lowest BCUT2D eigenvalue weighted by molar-refractivity contribution is 0.0964. The molecule has 0 saturated carbocycles. The molecule has 0 atom stereocenters. The lowest BCUT2D eigenvalue weighted by atomic mass is 9.97. The summed E-state index contributed by atoms with van der Waals surface area (Å²) in [4.78, 5) is 26.8. The maximum absolute atomic E-state index is 13.7. The number of rotatable bonds is 7. The van der Waals surface area contributed by atoms with Crippen molar-refractivity contribution in [2.45, 2.75) is 6.54 Å². The van der Waals surface area contributed by atoms with Crippen molar-refractivity contribution in [2.75, 3.05) is 24.7 Å². The van der Waals surface area contributed by atoms with Gasteiger partial charge in [0.25, 0.3) is 11.5 Å². The number of halogens is 3. The second kappa shape index (κ2) is 11.7. The van der Waals surface area contributed by atoms with E-state index in [1.165, 1.54) is 80.8 Å². The Morgan fingerprint density at radius 1 is 0.978 bits per heavy atom. The Kier molecular flexibility index (Phi) is 7.82. The summed E-state index contributed by atoms with van der Waals surface area (Å²) < 4.78 is 61.0. The van der Waals surface area contributed by atoms with Crippen LogP contribution in [0.25, 0.3) is 44.3 Å². The summed E-state index contributed by atoms with van der Waals surface area (Å²) in [5.74, 6) is -1.25. The molecule has 0 spiro atoms. The molecule has 234 valence electrons. The number of sulfonamides is 1. The number of hydrogen-bond donors (Lipinski definition) is 1. The molecule has 0 saturated heterocycles. The van der Waals surface area contributed by atoms with Gasteiger partial charge in [-0.2, -0.15) is 0 Å². The van der Waals surface area contributed by atoms with Gasteiger partial charge >= 0.3 is 0 Å². The summed E-state index contributed by atoms with van der Waals surface area (Å²) in [7, 11) is -1.02. The number of carbonyl (C=O) groups is 1. The van der Waals surface area contributed by atoms with E-state index in [1.807, 2.05) is 0 Å². The topological polar surface area (TPSA) is 127 Å². The quantitative estimate of drug-likeness (QED) is 0.235. The predicted octanol–water partition coefficient (Wildman–Crippen LogP) is 5.61. The fraction of sp³-hybridized carbons (Fsp3) is 0.125. The fourth-order valence-corrected chi connectivity index (χ4v) is 5.89. The van der Waals surface area contributed by atoms with E-state index < -0.39 is 33.1 Å². The minimum Gasteiger partial charge on any atom is -0.455 e. The van der Waals surface area contributed by atoms with E-state index in [9.17, 15) is 26.8 Å². The number of anilines is 1. The largest absolute Gasteiger partial charge is 0.455 e. The van der Waals surface area contributed by atoms with Crippen LogP contribution in [0.4, 0.5) is 14.5 Å². The first-order chi connectivity index (χ1) is 21.8. The van der Waals surface area contributed by atoms with Gasteiger partial charge in [-0.3, -0.25) is 13.9 Å². The number of aromatic nitrogens is 3. The molecule has 1 amide bonds. The zero-order valence-electron chi connectivity index (χ0n) is 24.5. The van der Waals surface area contributed by atoms with Gasteiger partial charge < -0.3 is 9.73 Å². The van der Waals surface area contributed by atoms with E-state index in [0.717, 1.165) is 15.2 Å². The highest BCUT2D eigenvalue weighted by atomic mass is 35.5. The minimum absolute atomic E-state index is 0.00853. The number of nitrogens with one attached hydrogen (secondary N) is 1. The number of amides is 1. The molecule has 0 radical (unpaired) electrons. The van der Waals surface area contributed by atoms with Gasteiger partial charge in [-0.1, -0.05) is 28.9 Å². The molecule has 0 fully saturated rings. The average molecular weight is 664 g/mol. The van der Waals surface area contributed by atoms with E-state index in [2.05, 4.69) is 15.6 Å². The van der Waals surface area contributed by atoms with Crippen LogP contribution in [0.5, 0.6) is 0 Å². The van der Waals surface area contributed by atoms with Crippen LogP contribution in [0.2, 0.25) is 5.02 Å². The number of nitrogens with zero attached hydrogens (tertiary/aromatic N) is 4. The van der Waals surface area contributed by atoms with Gasteiger partial charge in [-0.15, -0.1) is 5.10 Å². The monoisotopic (exact) mass is 663 g/mol. The van der Waals surface area contributed by atoms with Gasteiger partial charge in [-0.25, -0.2) is 21.9 Å². The maximum atomic E-state index is 13.7. The SMILES string of the molecule is CNC(=O)c1c(-c2ccc(F)cc2)oc2cc(N(C)S(C)(=O)=O)c(-c3cc(Cl)c4nnn(Cc5ccc(F)cc5)c(=O)c4c3)cc12. The lowest BCUT2D eigenvalue weighted by Gasteiger charge is -2.21. The summed E-state index contributed by atoms with van der Waals surface area (Å²) in [5, 5.41) is 11.2. The highest BCUT2D eigenvalue weighted by Crippen LogP contribution is 2.42. The first-order valence-electron chi connectivity index (χ1n) is 13.7. The Balaban J connectivity index is 1.61. The molecule has 0 aliphatic carbocycles. The molecular weight excluding hydrogens is 640 g/mol. The number of benzene rings is 4. The van der Waals surface area contributed by atoms with Crippen LogP contribution in [0.3, 0.4) is 0 Å². The van der Waals surface area contributed by atoms with Crippen LogP contribution in [0.1, 0.15) is 15.9 Å². The first kappa shape index (κ1) is 30.9. The zero-order chi connectivity index (χ0) is 32.9. The van der Waals surface area contributed by atoms with Gasteiger partial charge in [0.05, 0.1) is 34.5 Å². The van der Waals surface area contributed by atoms with Crippen molar-refractivity contribution in [3.8, 4) is 22.5 Å². The molecule has 10 nitrogen and oxygen atoms in total. The van der Waals surface area contributed by atoms with Gasteiger partial charge in [0.1, 0.15) is 28.5 Å². The summed E-state index contributed by atoms with van der Waals surface area (Å²) in [6, 6.07) is 17.1. The minimum atomic E-state index is -3.82. The molecule has 6 aromatic rings. The van der Waals surface area contributed by atoms with Crippen molar-refractivity contribution < 1.29 is 26.4 Å². The summed E-state index contributed by atoms with van der Waals surface area (Å²) >= 11 is 6.62. The van der Waals surface area contributed by atoms with Crippen molar-refractivity contribution in [1.29, 1.82) is 0 Å². The first-order valence-corrected chi connectivity index (χ1v) is 15.9. The van der Waals surface area contributed by atoms with Crippen molar-refractivity contribution >= 4 is 55.1 Å². The fourth-order valence-electron chi connectivity index (χ4n) is 5.12. The van der Waals surface area contributed by atoms with E-state index in [0.29, 0.717) is 27.6 Å². The number of carbonyl (C=O) groups excluding carboxylic acids is 1. The van der Waals surface area contributed by atoms with Crippen molar-refractivity contribution in [3.05, 3.63) is 111 Å². The maximum Gasteiger partial charge on any atom is 0.277 e. The van der Waals surface area contributed by atoms with Crippen LogP contribution < -0.4 is 15.2 Å². The Bertz CT molecular complexity index is 2340. The van der Waals surface area contributed by atoms with Crippen molar-refractivity contribution in [1.82, 2.24) is 20.3 Å². The molecule has 2 heterocycles. The standard InChI is InChI=1S/C32H24ClF2N5O5S/c1-36-31(41)28-23-14-22(26(39(2)46(3,43)44)15-27(23)45-30(28)18-6-10-21(35)11-7-18)19-12-24-29(25(33)13-19)37-38-40(32(24)42)16-17-4-8-20(34)9-5-17/h4-15H,16H2,1-3H3,(H,36,41).